The summed E-state index contributed by atoms with van der Waals surface area (Å²) in [6, 6.07) is 16.8. The number of hydrogen-bond donors (Lipinski definition) is 0. The zero-order valence-corrected chi connectivity index (χ0v) is 21.4. The molecule has 0 saturated carbocycles. The minimum absolute atomic E-state index is 0.131. The molecule has 0 bridgehead atoms. The first kappa shape index (κ1) is 23.6. The number of cyclic esters (lactones) is 1. The predicted molar refractivity (Wildman–Crippen MR) is 138 cm³/mol. The number of carbonyl (C=O) groups is 1. The minimum atomic E-state index is -0.574. The fraction of sp³-hybridized carbons (Fsp3) is 0.120. The molecule has 8 heteroatoms. The summed E-state index contributed by atoms with van der Waals surface area (Å²) in [5, 5.41) is 0.799. The van der Waals surface area contributed by atoms with E-state index in [1.165, 1.54) is 7.11 Å². The van der Waals surface area contributed by atoms with Gasteiger partial charge >= 0.3 is 5.97 Å². The first-order valence-electron chi connectivity index (χ1n) is 9.88. The number of rotatable bonds is 6. The zero-order chi connectivity index (χ0) is 23.5. The molecule has 168 valence electrons. The van der Waals surface area contributed by atoms with E-state index >= 15 is 0 Å². The number of benzene rings is 3. The van der Waals surface area contributed by atoms with Gasteiger partial charge in [-0.25, -0.2) is 9.79 Å². The number of methoxy groups -OCH3 is 1. The van der Waals surface area contributed by atoms with Crippen LogP contribution < -0.4 is 9.47 Å². The molecule has 1 aliphatic heterocycles. The topological polar surface area (TPSA) is 57.1 Å². The normalized spacial score (nSPS) is 14.3. The maximum Gasteiger partial charge on any atom is 0.363 e. The molecule has 0 amide bonds. The Balaban J connectivity index is 1.61. The number of nitrogens with zero attached hydrogens (tertiary/aromatic N) is 1. The van der Waals surface area contributed by atoms with Crippen LogP contribution in [-0.4, -0.2) is 19.0 Å². The van der Waals surface area contributed by atoms with Crippen LogP contribution >= 0.6 is 45.8 Å². The van der Waals surface area contributed by atoms with Crippen molar-refractivity contribution in [2.24, 2.45) is 4.99 Å². The molecule has 4 rings (SSSR count). The number of carbonyl (C=O) groups excluding carboxylic acids is 1. The van der Waals surface area contributed by atoms with Gasteiger partial charge in [0.05, 0.1) is 22.7 Å². The molecule has 0 unspecified atom stereocenters. The molecular formula is C25H18Cl2INO4. The van der Waals surface area contributed by atoms with Gasteiger partial charge in [0.25, 0.3) is 0 Å². The van der Waals surface area contributed by atoms with Crippen molar-refractivity contribution in [3.8, 4) is 11.5 Å². The Morgan fingerprint density at radius 1 is 1.09 bits per heavy atom. The van der Waals surface area contributed by atoms with Gasteiger partial charge in [-0.3, -0.25) is 0 Å². The lowest BCUT2D eigenvalue weighted by Gasteiger charge is -2.13. The third-order valence-electron chi connectivity index (χ3n) is 4.80. The summed E-state index contributed by atoms with van der Waals surface area (Å²) in [5.74, 6) is 0.450. The van der Waals surface area contributed by atoms with Gasteiger partial charge in [-0.1, -0.05) is 53.0 Å². The summed E-state index contributed by atoms with van der Waals surface area (Å²) in [4.78, 5) is 16.7. The zero-order valence-electron chi connectivity index (χ0n) is 17.7. The monoisotopic (exact) mass is 593 g/mol. The Labute approximate surface area is 215 Å². The highest BCUT2D eigenvalue weighted by Gasteiger charge is 2.26. The van der Waals surface area contributed by atoms with E-state index in [4.69, 9.17) is 37.4 Å². The number of halogens is 3. The molecule has 1 heterocycles. The maximum absolute atomic E-state index is 12.4. The molecule has 1 aliphatic rings. The van der Waals surface area contributed by atoms with Crippen LogP contribution in [0.5, 0.6) is 11.5 Å². The Morgan fingerprint density at radius 3 is 2.67 bits per heavy atom. The van der Waals surface area contributed by atoms with Crippen molar-refractivity contribution in [1.82, 2.24) is 0 Å². The number of esters is 1. The molecule has 0 aromatic heterocycles. The Hall–Kier alpha value is -2.55. The largest absolute Gasteiger partial charge is 0.493 e. The molecular weight excluding hydrogens is 576 g/mol. The van der Waals surface area contributed by atoms with Gasteiger partial charge in [0.1, 0.15) is 6.61 Å². The molecule has 0 radical (unpaired) electrons. The molecule has 0 aliphatic carbocycles. The Kier molecular flexibility index (Phi) is 7.26. The van der Waals surface area contributed by atoms with Crippen LogP contribution in [0.15, 0.2) is 65.3 Å². The third-order valence-corrected chi connectivity index (χ3v) is 6.08. The highest BCUT2D eigenvalue weighted by atomic mass is 127. The van der Waals surface area contributed by atoms with Gasteiger partial charge in [-0.2, -0.15) is 0 Å². The van der Waals surface area contributed by atoms with E-state index in [1.54, 1.807) is 30.3 Å². The van der Waals surface area contributed by atoms with Crippen molar-refractivity contribution >= 4 is 63.7 Å². The molecule has 33 heavy (non-hydrogen) atoms. The molecule has 0 saturated heterocycles. The fourth-order valence-electron chi connectivity index (χ4n) is 3.26. The van der Waals surface area contributed by atoms with Crippen LogP contribution in [0.1, 0.15) is 22.3 Å². The highest BCUT2D eigenvalue weighted by Crippen LogP contribution is 2.38. The summed E-state index contributed by atoms with van der Waals surface area (Å²) in [5.41, 5.74) is 3.46. The smallest absolute Gasteiger partial charge is 0.363 e. The van der Waals surface area contributed by atoms with Gasteiger partial charge in [0.15, 0.2) is 17.2 Å². The van der Waals surface area contributed by atoms with Crippen molar-refractivity contribution in [3.63, 3.8) is 0 Å². The molecule has 0 spiro atoms. The highest BCUT2D eigenvalue weighted by molar-refractivity contribution is 14.1. The maximum atomic E-state index is 12.4. The van der Waals surface area contributed by atoms with Gasteiger partial charge in [0.2, 0.25) is 5.90 Å². The molecule has 0 N–H and O–H groups in total. The fourth-order valence-corrected chi connectivity index (χ4v) is 4.23. The Bertz CT molecular complexity index is 1300. The number of ether oxygens (including phenoxy) is 3. The molecule has 0 fully saturated rings. The van der Waals surface area contributed by atoms with Crippen LogP contribution in [0.3, 0.4) is 0 Å². The van der Waals surface area contributed by atoms with Crippen molar-refractivity contribution in [2.75, 3.05) is 7.11 Å². The van der Waals surface area contributed by atoms with Crippen LogP contribution in [0.4, 0.5) is 0 Å². The van der Waals surface area contributed by atoms with Crippen LogP contribution in [0.25, 0.3) is 6.08 Å². The second kappa shape index (κ2) is 10.2. The van der Waals surface area contributed by atoms with E-state index < -0.39 is 5.97 Å². The number of aliphatic imine (C=N–C) groups is 1. The molecule has 3 aromatic carbocycles. The molecule has 3 aromatic rings. The van der Waals surface area contributed by atoms with E-state index in [0.29, 0.717) is 39.3 Å². The quantitative estimate of drug-likeness (QED) is 0.178. The second-order valence-corrected chi connectivity index (χ2v) is 9.33. The van der Waals surface area contributed by atoms with Gasteiger partial charge < -0.3 is 14.2 Å². The first-order chi connectivity index (χ1) is 15.8. The van der Waals surface area contributed by atoms with E-state index in [9.17, 15) is 4.79 Å². The van der Waals surface area contributed by atoms with Crippen LogP contribution in [0, 0.1) is 10.5 Å². The Morgan fingerprint density at radius 2 is 1.91 bits per heavy atom. The lowest BCUT2D eigenvalue weighted by molar-refractivity contribution is -0.129. The number of hydrogen-bond acceptors (Lipinski definition) is 5. The summed E-state index contributed by atoms with van der Waals surface area (Å²) >= 11 is 14.9. The number of aryl methyl sites for hydroxylation is 1. The standard InChI is InChI=1S/C25H18Cl2INO4/c1-14-4-3-5-15(8-14)13-32-23-20(27)9-16(11-22(23)31-2)10-21-25(30)33-24(29-21)18-12-17(28)6-7-19(18)26/h3-12H,13H2,1-2H3. The molecule has 5 nitrogen and oxygen atoms in total. The average molecular weight is 594 g/mol. The lowest BCUT2D eigenvalue weighted by Crippen LogP contribution is -2.06. The van der Waals surface area contributed by atoms with Crippen molar-refractivity contribution in [2.45, 2.75) is 13.5 Å². The summed E-state index contributed by atoms with van der Waals surface area (Å²) < 4.78 is 17.7. The van der Waals surface area contributed by atoms with Gasteiger partial charge in [0, 0.05) is 3.57 Å². The second-order valence-electron chi connectivity index (χ2n) is 7.27. The van der Waals surface area contributed by atoms with Crippen LogP contribution in [0.2, 0.25) is 10.0 Å². The van der Waals surface area contributed by atoms with Gasteiger partial charge in [-0.15, -0.1) is 0 Å². The first-order valence-corrected chi connectivity index (χ1v) is 11.7. The van der Waals surface area contributed by atoms with E-state index in [1.807, 2.05) is 37.3 Å². The minimum Gasteiger partial charge on any atom is -0.493 e. The SMILES string of the molecule is COc1cc(C=C2N=C(c3cc(I)ccc3Cl)OC2=O)cc(Cl)c1OCc1cccc(C)c1. The van der Waals surface area contributed by atoms with Crippen molar-refractivity contribution in [3.05, 3.63) is 96.2 Å². The summed E-state index contributed by atoms with van der Waals surface area (Å²) in [6.07, 6.45) is 1.58. The summed E-state index contributed by atoms with van der Waals surface area (Å²) in [6.45, 7) is 2.36. The predicted octanol–water partition coefficient (Wildman–Crippen LogP) is 6.84. The average Bonchev–Trinajstić information content (AvgIpc) is 3.14. The van der Waals surface area contributed by atoms with Crippen molar-refractivity contribution in [1.29, 1.82) is 0 Å². The van der Waals surface area contributed by atoms with E-state index in [-0.39, 0.29) is 11.6 Å². The van der Waals surface area contributed by atoms with Crippen molar-refractivity contribution < 1.29 is 19.0 Å². The van der Waals surface area contributed by atoms with E-state index in [0.717, 1.165) is 14.7 Å². The summed E-state index contributed by atoms with van der Waals surface area (Å²) in [7, 11) is 1.53. The molecule has 0 atom stereocenters. The third kappa shape index (κ3) is 5.51. The van der Waals surface area contributed by atoms with Gasteiger partial charge in [-0.05, 0) is 77.0 Å². The lowest BCUT2D eigenvalue weighted by atomic mass is 10.1. The van der Waals surface area contributed by atoms with Crippen LogP contribution in [-0.2, 0) is 16.1 Å². The van der Waals surface area contributed by atoms with E-state index in [2.05, 4.69) is 27.6 Å².